The molecule has 1 N–H and O–H groups in total. The normalized spacial score (nSPS) is 25.7. The third kappa shape index (κ3) is 7.20. The molecular weight excluding hydrogens is 514 g/mol. The molecule has 2 fully saturated rings. The minimum Gasteiger partial charge on any atom is -1.00 e. The predicted octanol–water partition coefficient (Wildman–Crippen LogP) is 3.51. The average Bonchev–Trinajstić information content (AvgIpc) is 3.03. The van der Waals surface area contributed by atoms with Crippen LogP contribution in [0.2, 0.25) is 0 Å². The van der Waals surface area contributed by atoms with Crippen molar-refractivity contribution in [2.45, 2.75) is 108 Å². The number of hydrogen-bond donors (Lipinski definition) is 1. The Bertz CT molecular complexity index is 919. The Morgan fingerprint density at radius 3 is 2.14 bits per heavy atom. The van der Waals surface area contributed by atoms with Crippen molar-refractivity contribution in [3.05, 3.63) is 71.3 Å². The molecule has 0 aromatic heterocycles. The van der Waals surface area contributed by atoms with Gasteiger partial charge in [-0.25, -0.2) is 4.79 Å². The van der Waals surface area contributed by atoms with Gasteiger partial charge in [-0.15, -0.1) is 0 Å². The van der Waals surface area contributed by atoms with E-state index in [2.05, 4.69) is 38.2 Å². The molecule has 5 atom stereocenters. The highest BCUT2D eigenvalue weighted by Crippen LogP contribution is 2.43. The monoisotopic (exact) mass is 557 g/mol. The number of nitrogens with zero attached hydrogens (tertiary/aromatic N) is 1. The second-order valence-electron chi connectivity index (χ2n) is 11.1. The molecule has 4 rings (SSSR count). The number of rotatable bonds is 12. The topological polar surface area (TPSA) is 46.5 Å². The van der Waals surface area contributed by atoms with Crippen LogP contribution < -0.4 is 17.0 Å². The van der Waals surface area contributed by atoms with Gasteiger partial charge in [0.05, 0.1) is 19.1 Å². The van der Waals surface area contributed by atoms with E-state index in [4.69, 9.17) is 4.74 Å². The quantitative estimate of drug-likeness (QED) is 0.247. The molecule has 2 aromatic carbocycles. The number of aliphatic hydroxyl groups is 1. The number of esters is 1. The molecule has 0 amide bonds. The van der Waals surface area contributed by atoms with Crippen LogP contribution in [0.25, 0.3) is 0 Å². The van der Waals surface area contributed by atoms with Crippen molar-refractivity contribution < 1.29 is 36.1 Å². The Morgan fingerprint density at radius 2 is 1.50 bits per heavy atom. The van der Waals surface area contributed by atoms with Crippen LogP contribution in [0.4, 0.5) is 0 Å². The van der Waals surface area contributed by atoms with E-state index in [1.165, 1.54) is 68.9 Å². The fraction of sp³-hybridized carbons (Fsp3) is 0.581. The Kier molecular flexibility index (Phi) is 11.0. The molecule has 2 saturated heterocycles. The molecule has 2 aromatic rings. The molecule has 0 radical (unpaired) electrons. The highest BCUT2D eigenvalue weighted by molar-refractivity contribution is 5.76. The molecule has 2 heterocycles. The summed E-state index contributed by atoms with van der Waals surface area (Å²) in [7, 11) is 2.39. The van der Waals surface area contributed by atoms with Gasteiger partial charge in [0.1, 0.15) is 12.6 Å². The Hall–Kier alpha value is -1.69. The number of ether oxygens (including phenoxy) is 1. The van der Waals surface area contributed by atoms with Gasteiger partial charge in [-0.1, -0.05) is 93.6 Å². The summed E-state index contributed by atoms with van der Waals surface area (Å²) in [4.78, 5) is 12.6. The molecular formula is C31H44BrNO3. The second kappa shape index (κ2) is 13.7. The zero-order valence-corrected chi connectivity index (χ0v) is 23.7. The average molecular weight is 559 g/mol. The fourth-order valence-electron chi connectivity index (χ4n) is 6.36. The van der Waals surface area contributed by atoms with Gasteiger partial charge in [0, 0.05) is 31.2 Å². The summed E-state index contributed by atoms with van der Waals surface area (Å²) in [5, 5.41) is 10.4. The van der Waals surface area contributed by atoms with Crippen molar-refractivity contribution in [1.29, 1.82) is 0 Å². The van der Waals surface area contributed by atoms with Gasteiger partial charge in [0.25, 0.3) is 0 Å². The maximum absolute atomic E-state index is 12.6. The summed E-state index contributed by atoms with van der Waals surface area (Å²) in [6, 6.07) is 19.4. The molecule has 5 heteroatoms. The van der Waals surface area contributed by atoms with E-state index in [1.807, 2.05) is 18.2 Å². The molecule has 0 aliphatic carbocycles. The van der Waals surface area contributed by atoms with Crippen molar-refractivity contribution >= 4 is 5.97 Å². The maximum Gasteiger partial charge on any atom is 0.339 e. The number of carbonyl (C=O) groups is 1. The molecule has 4 nitrogen and oxygen atoms in total. The van der Waals surface area contributed by atoms with Gasteiger partial charge in [-0.2, -0.15) is 0 Å². The van der Waals surface area contributed by atoms with Crippen molar-refractivity contribution in [2.75, 3.05) is 7.05 Å². The second-order valence-corrected chi connectivity index (χ2v) is 11.1. The van der Waals surface area contributed by atoms with Crippen LogP contribution in [0.5, 0.6) is 0 Å². The summed E-state index contributed by atoms with van der Waals surface area (Å²) in [6.07, 6.45) is 12.1. The zero-order valence-electron chi connectivity index (χ0n) is 22.1. The van der Waals surface area contributed by atoms with Gasteiger partial charge >= 0.3 is 5.97 Å². The molecule has 2 aliphatic rings. The van der Waals surface area contributed by atoms with Gasteiger partial charge in [-0.3, -0.25) is 0 Å². The number of aryl methyl sites for hydroxylation is 1. The third-order valence-corrected chi connectivity index (χ3v) is 8.56. The third-order valence-electron chi connectivity index (χ3n) is 8.56. The van der Waals surface area contributed by atoms with Crippen molar-refractivity contribution in [3.8, 4) is 0 Å². The fourth-order valence-corrected chi connectivity index (χ4v) is 6.36. The summed E-state index contributed by atoms with van der Waals surface area (Å²) in [6.45, 7) is 3.31. The Balaban J connectivity index is 0.00000361. The summed E-state index contributed by atoms with van der Waals surface area (Å²) in [5.41, 5.74) is 3.46. The van der Waals surface area contributed by atoms with Crippen LogP contribution in [0.3, 0.4) is 0 Å². The first kappa shape index (κ1) is 28.9. The first-order valence-corrected chi connectivity index (χ1v) is 13.9. The molecule has 2 bridgehead atoms. The van der Waals surface area contributed by atoms with E-state index in [0.29, 0.717) is 17.6 Å². The van der Waals surface area contributed by atoms with Crippen molar-refractivity contribution in [3.63, 3.8) is 0 Å². The number of benzene rings is 2. The highest BCUT2D eigenvalue weighted by Gasteiger charge is 2.52. The SMILES string of the molecule is CCCCCCCCc1ccc(C[N+]2(C)[C@@H]3CC[C@H]2CC(OC(=O)C(O)c2ccccc2)C3)cc1.[Br-]. The van der Waals surface area contributed by atoms with Crippen LogP contribution in [-0.4, -0.2) is 40.8 Å². The lowest BCUT2D eigenvalue weighted by Gasteiger charge is -2.47. The minimum atomic E-state index is -1.20. The number of carbonyl (C=O) groups excluding carboxylic acids is 1. The van der Waals surface area contributed by atoms with Crippen LogP contribution in [0.15, 0.2) is 54.6 Å². The van der Waals surface area contributed by atoms with Crippen LogP contribution >= 0.6 is 0 Å². The molecule has 0 spiro atoms. The number of quaternary nitrogens is 1. The lowest BCUT2D eigenvalue weighted by molar-refractivity contribution is -0.961. The smallest absolute Gasteiger partial charge is 0.339 e. The van der Waals surface area contributed by atoms with Crippen LogP contribution in [0.1, 0.15) is 93.9 Å². The summed E-state index contributed by atoms with van der Waals surface area (Å²) < 4.78 is 6.86. The maximum atomic E-state index is 12.6. The lowest BCUT2D eigenvalue weighted by Crippen LogP contribution is -3.00. The number of piperidine rings is 1. The van der Waals surface area contributed by atoms with E-state index >= 15 is 0 Å². The molecule has 36 heavy (non-hydrogen) atoms. The van der Waals surface area contributed by atoms with Gasteiger partial charge in [0.2, 0.25) is 0 Å². The molecule has 0 saturated carbocycles. The number of hydrogen-bond acceptors (Lipinski definition) is 3. The Morgan fingerprint density at radius 1 is 0.917 bits per heavy atom. The molecule has 3 unspecified atom stereocenters. The first-order chi connectivity index (χ1) is 17.0. The summed E-state index contributed by atoms with van der Waals surface area (Å²) in [5.74, 6) is -0.516. The largest absolute Gasteiger partial charge is 1.00 e. The molecule has 2 aliphatic heterocycles. The van der Waals surface area contributed by atoms with Crippen LogP contribution in [-0.2, 0) is 22.5 Å². The lowest BCUT2D eigenvalue weighted by atomic mass is 9.95. The number of unbranched alkanes of at least 4 members (excludes halogenated alkanes) is 5. The van der Waals surface area contributed by atoms with E-state index in [0.717, 1.165) is 23.9 Å². The van der Waals surface area contributed by atoms with E-state index in [1.54, 1.807) is 12.1 Å². The Labute approximate surface area is 228 Å². The van der Waals surface area contributed by atoms with Crippen molar-refractivity contribution in [1.82, 2.24) is 0 Å². The van der Waals surface area contributed by atoms with Gasteiger partial charge in [0.15, 0.2) is 6.10 Å². The molecule has 198 valence electrons. The van der Waals surface area contributed by atoms with Gasteiger partial charge < -0.3 is 31.3 Å². The van der Waals surface area contributed by atoms with E-state index < -0.39 is 12.1 Å². The standard InChI is InChI=1S/C31H44NO3.BrH/c1-3-4-5-6-7-9-12-24-15-17-25(18-16-24)23-32(2)27-19-20-28(32)22-29(21-27)35-31(34)30(33)26-13-10-8-11-14-26;/h8,10-11,13-18,27-30,33H,3-7,9,12,19-23H2,1-2H3;1H/q+1;/p-1/t27-,28+,29?,30?,32?;. The highest BCUT2D eigenvalue weighted by atomic mass is 79.9. The number of aliphatic hydroxyl groups excluding tert-OH is 1. The summed E-state index contributed by atoms with van der Waals surface area (Å²) >= 11 is 0. The van der Waals surface area contributed by atoms with Crippen molar-refractivity contribution in [2.24, 2.45) is 0 Å². The van der Waals surface area contributed by atoms with Gasteiger partial charge in [-0.05, 0) is 24.0 Å². The van der Waals surface area contributed by atoms with E-state index in [9.17, 15) is 9.90 Å². The minimum absolute atomic E-state index is 0. The zero-order chi connectivity index (χ0) is 24.7. The van der Waals surface area contributed by atoms with E-state index in [-0.39, 0.29) is 23.1 Å². The first-order valence-electron chi connectivity index (χ1n) is 13.9. The van der Waals surface area contributed by atoms with Crippen LogP contribution in [0, 0.1) is 0 Å². The number of fused-ring (bicyclic) bond motifs is 2. The number of halogens is 1. The predicted molar refractivity (Wildman–Crippen MR) is 141 cm³/mol.